The lowest BCUT2D eigenvalue weighted by Gasteiger charge is -2.18. The summed E-state index contributed by atoms with van der Waals surface area (Å²) in [4.78, 5) is 27.0. The van der Waals surface area contributed by atoms with Crippen LogP contribution in [0.5, 0.6) is 0 Å². The zero-order chi connectivity index (χ0) is 23.0. The van der Waals surface area contributed by atoms with Crippen LogP contribution < -0.4 is 14.7 Å². The number of carbonyl (C=O) groups is 1. The van der Waals surface area contributed by atoms with Gasteiger partial charge in [0.15, 0.2) is 5.17 Å². The van der Waals surface area contributed by atoms with Crippen LogP contribution in [0.15, 0.2) is 81.3 Å². The standard InChI is InChI=1S/C22H20N6O4S/c1-31-12-11-27-14-20(32-26-27)25-19(29)15-33-22-24-18(13-16-7-9-23-10-8-16)21(30)28(22)17-5-3-2-4-6-17/h2-10,13-14H,11-12,15H2,1H3/b18-13+. The highest BCUT2D eigenvalue weighted by molar-refractivity contribution is 8.14. The molecule has 4 rings (SSSR count). The normalized spacial score (nSPS) is 15.4. The van der Waals surface area contributed by atoms with Crippen LogP contribution in [0, 0.1) is 0 Å². The van der Waals surface area contributed by atoms with Gasteiger partial charge in [-0.1, -0.05) is 30.0 Å². The van der Waals surface area contributed by atoms with Crippen LogP contribution in [0.1, 0.15) is 5.56 Å². The summed E-state index contributed by atoms with van der Waals surface area (Å²) in [7, 11) is 1.58. The molecule has 0 unspecified atom stereocenters. The Morgan fingerprint density at radius 1 is 1.27 bits per heavy atom. The molecule has 1 aromatic carbocycles. The van der Waals surface area contributed by atoms with Crippen LogP contribution in [-0.4, -0.2) is 46.7 Å². The molecule has 0 bridgehead atoms. The number of pyridine rings is 1. The molecule has 10 nitrogen and oxygen atoms in total. The minimum atomic E-state index is -0.440. The van der Waals surface area contributed by atoms with E-state index in [1.54, 1.807) is 37.7 Å². The van der Waals surface area contributed by atoms with Gasteiger partial charge in [0.05, 0.1) is 5.69 Å². The van der Waals surface area contributed by atoms with Crippen LogP contribution in [-0.2, 0) is 16.1 Å². The molecule has 3 heterocycles. The molecule has 0 N–H and O–H groups in total. The van der Waals surface area contributed by atoms with Crippen LogP contribution in [0.4, 0.5) is 11.6 Å². The number of ether oxygens (including phenoxy) is 1. The number of anilines is 1. The highest BCUT2D eigenvalue weighted by Crippen LogP contribution is 2.29. The van der Waals surface area contributed by atoms with Gasteiger partial charge in [0.25, 0.3) is 12.1 Å². The Hall–Kier alpha value is -3.83. The maximum absolute atomic E-state index is 13.1. The first-order valence-electron chi connectivity index (χ1n) is 9.97. The number of aliphatic imine (C=N–C) groups is 2. The monoisotopic (exact) mass is 464 g/mol. The van der Waals surface area contributed by atoms with Crippen molar-refractivity contribution in [2.24, 2.45) is 9.98 Å². The van der Waals surface area contributed by atoms with Gasteiger partial charge < -0.3 is 9.84 Å². The van der Waals surface area contributed by atoms with Crippen molar-refractivity contribution < 1.29 is 23.8 Å². The van der Waals surface area contributed by atoms with E-state index >= 15 is 0 Å². The Balaban J connectivity index is 1.52. The Kier molecular flexibility index (Phi) is 7.22. The number of amides is 1. The summed E-state index contributed by atoms with van der Waals surface area (Å²) in [5.74, 6) is -0.653. The lowest BCUT2D eigenvalue weighted by Crippen LogP contribution is -2.36. The topological polar surface area (TPSA) is 120 Å². The average molecular weight is 465 g/mol. The van der Waals surface area contributed by atoms with Gasteiger partial charge >= 0.3 is 5.88 Å². The van der Waals surface area contributed by atoms with Gasteiger partial charge in [-0.25, -0.2) is 9.98 Å². The van der Waals surface area contributed by atoms with Crippen molar-refractivity contribution in [2.45, 2.75) is 6.54 Å². The van der Waals surface area contributed by atoms with Crippen LogP contribution >= 0.6 is 11.8 Å². The highest BCUT2D eigenvalue weighted by Gasteiger charge is 2.31. The van der Waals surface area contributed by atoms with Gasteiger partial charge in [-0.2, -0.15) is 0 Å². The largest absolute Gasteiger partial charge is 0.861 e. The van der Waals surface area contributed by atoms with Crippen molar-refractivity contribution in [2.75, 3.05) is 24.4 Å². The number of hydrogen-bond donors (Lipinski definition) is 0. The van der Waals surface area contributed by atoms with Crippen molar-refractivity contribution in [3.63, 3.8) is 0 Å². The van der Waals surface area contributed by atoms with Gasteiger partial charge in [0, 0.05) is 25.3 Å². The molecule has 33 heavy (non-hydrogen) atoms. The summed E-state index contributed by atoms with van der Waals surface area (Å²) in [6.45, 7) is 0.939. The first-order chi connectivity index (χ1) is 16.1. The van der Waals surface area contributed by atoms with Gasteiger partial charge in [0.1, 0.15) is 12.3 Å². The smallest absolute Gasteiger partial charge is 0.320 e. The van der Waals surface area contributed by atoms with E-state index in [2.05, 4.69) is 20.2 Å². The van der Waals surface area contributed by atoms with Crippen LogP contribution in [0.2, 0.25) is 0 Å². The third kappa shape index (κ3) is 5.70. The Labute approximate surface area is 193 Å². The van der Waals surface area contributed by atoms with E-state index in [1.807, 2.05) is 30.3 Å². The number of nitrogens with zero attached hydrogens (tertiary/aromatic N) is 6. The number of carbonyl (C=O) groups excluding carboxylic acids is 1. The van der Waals surface area contributed by atoms with Crippen molar-refractivity contribution >= 4 is 46.4 Å². The van der Waals surface area contributed by atoms with Crippen LogP contribution in [0.3, 0.4) is 0 Å². The van der Waals surface area contributed by atoms with E-state index in [-0.39, 0.29) is 23.2 Å². The maximum atomic E-state index is 13.1. The quantitative estimate of drug-likeness (QED) is 0.215. The highest BCUT2D eigenvalue weighted by atomic mass is 32.2. The zero-order valence-electron chi connectivity index (χ0n) is 17.7. The zero-order valence-corrected chi connectivity index (χ0v) is 18.5. The molecule has 0 aliphatic carbocycles. The Morgan fingerprint density at radius 2 is 2.06 bits per heavy atom. The number of rotatable bonds is 8. The molecule has 0 spiro atoms. The Morgan fingerprint density at radius 3 is 2.82 bits per heavy atom. The second kappa shape index (κ2) is 10.7. The SMILES string of the molecule is COCC[n+]1cc(/N=C(/[O-])CSC2=N/C(=C/c3ccncc3)C(=O)N2c2ccccc2)on1. The van der Waals surface area contributed by atoms with E-state index in [1.165, 1.54) is 15.8 Å². The summed E-state index contributed by atoms with van der Waals surface area (Å²) in [6, 6.07) is 12.7. The molecule has 1 aliphatic rings. The molecule has 1 aliphatic heterocycles. The molecular formula is C22H20N6O4S. The second-order valence-corrected chi connectivity index (χ2v) is 7.71. The molecule has 3 aromatic rings. The van der Waals surface area contributed by atoms with Gasteiger partial charge in [0.2, 0.25) is 11.8 Å². The molecule has 168 valence electrons. The fourth-order valence-corrected chi connectivity index (χ4v) is 3.70. The van der Waals surface area contributed by atoms with Crippen molar-refractivity contribution in [1.29, 1.82) is 0 Å². The molecular weight excluding hydrogens is 444 g/mol. The minimum absolute atomic E-state index is 0.0310. The molecule has 0 saturated heterocycles. The second-order valence-electron chi connectivity index (χ2n) is 6.77. The third-order valence-corrected chi connectivity index (χ3v) is 5.36. The van der Waals surface area contributed by atoms with Gasteiger partial charge in [-0.15, -0.1) is 0 Å². The summed E-state index contributed by atoms with van der Waals surface area (Å²) in [5.41, 5.74) is 1.73. The Bertz CT molecular complexity index is 1190. The summed E-state index contributed by atoms with van der Waals surface area (Å²) in [6.07, 6.45) is 6.49. The predicted octanol–water partition coefficient (Wildman–Crippen LogP) is 1.57. The van der Waals surface area contributed by atoms with E-state index < -0.39 is 5.90 Å². The molecule has 0 radical (unpaired) electrons. The minimum Gasteiger partial charge on any atom is -0.861 e. The fourth-order valence-electron chi connectivity index (χ4n) is 2.91. The lowest BCUT2D eigenvalue weighted by atomic mass is 10.2. The van der Waals surface area contributed by atoms with Crippen molar-refractivity contribution in [1.82, 2.24) is 10.3 Å². The van der Waals surface area contributed by atoms with Gasteiger partial charge in [-0.3, -0.25) is 19.2 Å². The van der Waals surface area contributed by atoms with Crippen LogP contribution in [0.25, 0.3) is 6.08 Å². The number of para-hydroxylation sites is 1. The summed E-state index contributed by atoms with van der Waals surface area (Å²) in [5, 5.41) is 16.6. The number of thioether (sulfide) groups is 1. The summed E-state index contributed by atoms with van der Waals surface area (Å²) < 4.78 is 11.5. The number of methoxy groups -OCH3 is 1. The third-order valence-electron chi connectivity index (χ3n) is 4.44. The average Bonchev–Trinajstić information content (AvgIpc) is 3.41. The number of benzene rings is 1. The van der Waals surface area contributed by atoms with E-state index in [9.17, 15) is 9.90 Å². The van der Waals surface area contributed by atoms with Gasteiger partial charge in [-0.05, 0) is 46.5 Å². The molecule has 2 aromatic heterocycles. The molecule has 0 fully saturated rings. The van der Waals surface area contributed by atoms with Crippen molar-refractivity contribution in [3.05, 3.63) is 72.3 Å². The fraction of sp³-hybridized carbons (Fsp3) is 0.182. The van der Waals surface area contributed by atoms with E-state index in [4.69, 9.17) is 9.26 Å². The van der Waals surface area contributed by atoms with Crippen molar-refractivity contribution in [3.8, 4) is 0 Å². The molecule has 0 saturated carbocycles. The predicted molar refractivity (Wildman–Crippen MR) is 122 cm³/mol. The van der Waals surface area contributed by atoms with E-state index in [0.717, 1.165) is 17.3 Å². The number of hydrogen-bond acceptors (Lipinski definition) is 9. The lowest BCUT2D eigenvalue weighted by molar-refractivity contribution is -0.763. The number of amidine groups is 1. The molecule has 11 heteroatoms. The number of aromatic nitrogens is 3. The van der Waals surface area contributed by atoms with E-state index in [0.29, 0.717) is 24.0 Å². The maximum Gasteiger partial charge on any atom is 0.320 e. The molecule has 0 atom stereocenters. The summed E-state index contributed by atoms with van der Waals surface area (Å²) >= 11 is 1.12. The first kappa shape index (κ1) is 22.4. The molecule has 1 amide bonds. The first-order valence-corrected chi connectivity index (χ1v) is 11.0.